The molecule has 0 bridgehead atoms. The highest BCUT2D eigenvalue weighted by molar-refractivity contribution is 9.10. The lowest BCUT2D eigenvalue weighted by molar-refractivity contribution is 0.0519. The number of aryl methyl sites for hydroxylation is 2. The number of aromatic amines is 1. The molecule has 0 saturated carbocycles. The third-order valence-corrected chi connectivity index (χ3v) is 3.29. The van der Waals surface area contributed by atoms with E-state index >= 15 is 0 Å². The maximum atomic E-state index is 11.7. The molecule has 4 nitrogen and oxygen atoms in total. The molecule has 1 N–H and O–H groups in total. The van der Waals surface area contributed by atoms with Gasteiger partial charge in [0.2, 0.25) is 0 Å². The summed E-state index contributed by atoms with van der Waals surface area (Å²) in [4.78, 5) is 19.2. The lowest BCUT2D eigenvalue weighted by Gasteiger charge is -2.02. The number of carbonyl (C=O) groups excluding carboxylic acids is 1. The van der Waals surface area contributed by atoms with Gasteiger partial charge in [-0.2, -0.15) is 0 Å². The molecule has 19 heavy (non-hydrogen) atoms. The Morgan fingerprint density at radius 2 is 2.16 bits per heavy atom. The summed E-state index contributed by atoms with van der Waals surface area (Å²) in [5.74, 6) is 0.294. The number of nitrogens with one attached hydrogen (secondary N) is 1. The first-order valence-electron chi connectivity index (χ1n) is 6.03. The molecular weight excluding hydrogens is 308 g/mol. The van der Waals surface area contributed by atoms with Crippen LogP contribution in [-0.4, -0.2) is 22.5 Å². The first kappa shape index (κ1) is 13.8. The zero-order chi connectivity index (χ0) is 14.0. The summed E-state index contributed by atoms with van der Waals surface area (Å²) in [6.45, 7) is 5.94. The fourth-order valence-corrected chi connectivity index (χ4v) is 2.35. The van der Waals surface area contributed by atoms with Crippen molar-refractivity contribution in [2.45, 2.75) is 20.8 Å². The lowest BCUT2D eigenvalue weighted by Crippen LogP contribution is -2.06. The molecule has 0 saturated heterocycles. The van der Waals surface area contributed by atoms with Crippen LogP contribution in [0.15, 0.2) is 22.7 Å². The third kappa shape index (κ3) is 2.87. The minimum Gasteiger partial charge on any atom is -0.461 e. The van der Waals surface area contributed by atoms with E-state index in [0.29, 0.717) is 18.1 Å². The van der Waals surface area contributed by atoms with Crippen molar-refractivity contribution in [3.63, 3.8) is 0 Å². The first-order chi connectivity index (χ1) is 9.02. The van der Waals surface area contributed by atoms with E-state index in [1.165, 1.54) is 0 Å². The number of ether oxygens (including phenoxy) is 1. The molecule has 1 aromatic carbocycles. The van der Waals surface area contributed by atoms with Crippen LogP contribution in [0.25, 0.3) is 11.4 Å². The molecule has 0 aliphatic carbocycles. The highest BCUT2D eigenvalue weighted by Gasteiger charge is 2.17. The van der Waals surface area contributed by atoms with Crippen molar-refractivity contribution >= 4 is 21.9 Å². The molecule has 2 rings (SSSR count). The van der Waals surface area contributed by atoms with Crippen LogP contribution in [0.5, 0.6) is 0 Å². The maximum absolute atomic E-state index is 11.7. The summed E-state index contributed by atoms with van der Waals surface area (Å²) >= 11 is 3.43. The Kier molecular flexibility index (Phi) is 4.04. The highest BCUT2D eigenvalue weighted by atomic mass is 79.9. The van der Waals surface area contributed by atoms with Crippen LogP contribution in [0.1, 0.15) is 28.7 Å². The van der Waals surface area contributed by atoms with Gasteiger partial charge < -0.3 is 9.72 Å². The van der Waals surface area contributed by atoms with Crippen LogP contribution in [-0.2, 0) is 4.74 Å². The summed E-state index contributed by atoms with van der Waals surface area (Å²) in [6, 6.07) is 5.92. The van der Waals surface area contributed by atoms with Crippen LogP contribution in [0.2, 0.25) is 0 Å². The van der Waals surface area contributed by atoms with E-state index in [0.717, 1.165) is 21.3 Å². The Labute approximate surface area is 120 Å². The SMILES string of the molecule is CCOC(=O)c1nc(-c2ccc(Br)cc2C)[nH]c1C. The number of nitrogens with zero attached hydrogens (tertiary/aromatic N) is 1. The highest BCUT2D eigenvalue weighted by Crippen LogP contribution is 2.25. The summed E-state index contributed by atoms with van der Waals surface area (Å²) in [7, 11) is 0. The van der Waals surface area contributed by atoms with Crippen molar-refractivity contribution in [1.82, 2.24) is 9.97 Å². The van der Waals surface area contributed by atoms with E-state index in [2.05, 4.69) is 25.9 Å². The molecule has 2 aromatic rings. The van der Waals surface area contributed by atoms with Gasteiger partial charge in [0, 0.05) is 15.7 Å². The van der Waals surface area contributed by atoms with Crippen molar-refractivity contribution < 1.29 is 9.53 Å². The summed E-state index contributed by atoms with van der Waals surface area (Å²) in [6.07, 6.45) is 0. The molecule has 0 aliphatic heterocycles. The van der Waals surface area contributed by atoms with Gasteiger partial charge in [0.25, 0.3) is 0 Å². The minimum absolute atomic E-state index is 0.345. The minimum atomic E-state index is -0.391. The molecule has 0 aliphatic rings. The van der Waals surface area contributed by atoms with E-state index in [1.807, 2.05) is 32.0 Å². The molecule has 1 aromatic heterocycles. The quantitative estimate of drug-likeness (QED) is 0.878. The van der Waals surface area contributed by atoms with Crippen molar-refractivity contribution in [1.29, 1.82) is 0 Å². The van der Waals surface area contributed by atoms with Crippen LogP contribution in [0.3, 0.4) is 0 Å². The second-order valence-corrected chi connectivity index (χ2v) is 5.15. The number of imidazole rings is 1. The first-order valence-corrected chi connectivity index (χ1v) is 6.82. The van der Waals surface area contributed by atoms with Crippen LogP contribution >= 0.6 is 15.9 Å². The Hall–Kier alpha value is -1.62. The summed E-state index contributed by atoms with van der Waals surface area (Å²) < 4.78 is 5.99. The van der Waals surface area contributed by atoms with Crippen molar-refractivity contribution in [2.24, 2.45) is 0 Å². The number of benzene rings is 1. The van der Waals surface area contributed by atoms with Gasteiger partial charge in [0.15, 0.2) is 5.69 Å². The Balaban J connectivity index is 2.42. The van der Waals surface area contributed by atoms with Crippen molar-refractivity contribution in [2.75, 3.05) is 6.61 Å². The molecule has 0 amide bonds. The molecule has 100 valence electrons. The molecule has 0 atom stereocenters. The fourth-order valence-electron chi connectivity index (χ4n) is 1.88. The second-order valence-electron chi connectivity index (χ2n) is 4.24. The van der Waals surface area contributed by atoms with Crippen molar-refractivity contribution in [3.05, 3.63) is 39.6 Å². The maximum Gasteiger partial charge on any atom is 0.358 e. The third-order valence-electron chi connectivity index (χ3n) is 2.80. The van der Waals surface area contributed by atoms with Gasteiger partial charge in [-0.25, -0.2) is 9.78 Å². The Morgan fingerprint density at radius 3 is 2.79 bits per heavy atom. The lowest BCUT2D eigenvalue weighted by atomic mass is 10.1. The van der Waals surface area contributed by atoms with Gasteiger partial charge in [-0.05, 0) is 44.5 Å². The van der Waals surface area contributed by atoms with Gasteiger partial charge in [-0.1, -0.05) is 15.9 Å². The van der Waals surface area contributed by atoms with Crippen LogP contribution < -0.4 is 0 Å². The normalized spacial score (nSPS) is 10.5. The molecule has 5 heteroatoms. The topological polar surface area (TPSA) is 55.0 Å². The number of rotatable bonds is 3. The summed E-state index contributed by atoms with van der Waals surface area (Å²) in [5, 5.41) is 0. The Bertz CT molecular complexity index is 620. The molecular formula is C14H15BrN2O2. The molecule has 0 unspecified atom stereocenters. The van der Waals surface area contributed by atoms with E-state index in [9.17, 15) is 4.79 Å². The largest absolute Gasteiger partial charge is 0.461 e. The van der Waals surface area contributed by atoms with E-state index in [4.69, 9.17) is 4.74 Å². The Morgan fingerprint density at radius 1 is 1.42 bits per heavy atom. The second kappa shape index (κ2) is 5.57. The van der Waals surface area contributed by atoms with Gasteiger partial charge >= 0.3 is 5.97 Å². The average molecular weight is 323 g/mol. The van der Waals surface area contributed by atoms with Gasteiger partial charge in [-0.15, -0.1) is 0 Å². The number of esters is 1. The molecule has 0 spiro atoms. The van der Waals surface area contributed by atoms with Gasteiger partial charge in [-0.3, -0.25) is 0 Å². The van der Waals surface area contributed by atoms with E-state index in [1.54, 1.807) is 6.92 Å². The molecule has 1 heterocycles. The number of H-pyrrole nitrogens is 1. The number of hydrogen-bond donors (Lipinski definition) is 1. The van der Waals surface area contributed by atoms with Gasteiger partial charge in [0.1, 0.15) is 5.82 Å². The fraction of sp³-hybridized carbons (Fsp3) is 0.286. The summed E-state index contributed by atoms with van der Waals surface area (Å²) in [5.41, 5.74) is 3.12. The average Bonchev–Trinajstić information content (AvgIpc) is 2.71. The monoisotopic (exact) mass is 322 g/mol. The van der Waals surface area contributed by atoms with Gasteiger partial charge in [0.05, 0.1) is 6.61 Å². The smallest absolute Gasteiger partial charge is 0.358 e. The number of aromatic nitrogens is 2. The van der Waals surface area contributed by atoms with Crippen molar-refractivity contribution in [3.8, 4) is 11.4 Å². The predicted molar refractivity (Wildman–Crippen MR) is 77.2 cm³/mol. The number of carbonyl (C=O) groups is 1. The van der Waals surface area contributed by atoms with Crippen LogP contribution in [0, 0.1) is 13.8 Å². The van der Waals surface area contributed by atoms with E-state index in [-0.39, 0.29) is 0 Å². The number of halogens is 1. The van der Waals surface area contributed by atoms with E-state index < -0.39 is 5.97 Å². The zero-order valence-electron chi connectivity index (χ0n) is 11.1. The zero-order valence-corrected chi connectivity index (χ0v) is 12.7. The number of hydrogen-bond acceptors (Lipinski definition) is 3. The molecule has 0 radical (unpaired) electrons. The molecule has 0 fully saturated rings. The predicted octanol–water partition coefficient (Wildman–Crippen LogP) is 3.63. The van der Waals surface area contributed by atoms with Crippen LogP contribution in [0.4, 0.5) is 0 Å². The standard InChI is InChI=1S/C14H15BrN2O2/c1-4-19-14(18)12-9(3)16-13(17-12)11-6-5-10(15)7-8(11)2/h5-7H,4H2,1-3H3,(H,16,17).